The van der Waals surface area contributed by atoms with E-state index in [0.717, 1.165) is 5.75 Å². The van der Waals surface area contributed by atoms with Crippen LogP contribution in [-0.4, -0.2) is 57.4 Å². The van der Waals surface area contributed by atoms with Crippen LogP contribution in [0.4, 0.5) is 5.82 Å². The van der Waals surface area contributed by atoms with Crippen LogP contribution in [0.3, 0.4) is 0 Å². The lowest BCUT2D eigenvalue weighted by Gasteiger charge is -2.11. The normalized spacial score (nSPS) is 12.1. The third kappa shape index (κ3) is 4.93. The minimum Gasteiger partial charge on any atom is -0.383 e. The van der Waals surface area contributed by atoms with Gasteiger partial charge < -0.3 is 15.7 Å². The number of hydrogen-bond donors (Lipinski definition) is 4. The Bertz CT molecular complexity index is 736. The number of aliphatic hydroxyl groups is 1. The summed E-state index contributed by atoms with van der Waals surface area (Å²) in [7, 11) is 0. The number of nitrogens with one attached hydrogen (secondary N) is 3. The van der Waals surface area contributed by atoms with Crippen LogP contribution in [0.25, 0.3) is 10.9 Å². The van der Waals surface area contributed by atoms with Crippen LogP contribution in [0.1, 0.15) is 12.8 Å². The number of anilines is 1. The van der Waals surface area contributed by atoms with Crippen molar-refractivity contribution in [2.75, 3.05) is 30.4 Å². The molecule has 8 nitrogen and oxygen atoms in total. The van der Waals surface area contributed by atoms with Crippen molar-refractivity contribution in [2.45, 2.75) is 18.9 Å². The monoisotopic (exact) mass is 351 g/mol. The summed E-state index contributed by atoms with van der Waals surface area (Å²) >= 11 is 1.59. The molecule has 0 saturated carbocycles. The van der Waals surface area contributed by atoms with Gasteiger partial charge >= 0.3 is 0 Å². The maximum absolute atomic E-state index is 11.7. The Morgan fingerprint density at radius 3 is 3.08 bits per heavy atom. The molecule has 24 heavy (non-hydrogen) atoms. The van der Waals surface area contributed by atoms with Gasteiger partial charge in [-0.1, -0.05) is 0 Å². The molecule has 1 atom stereocenters. The molecule has 0 radical (unpaired) electrons. The zero-order chi connectivity index (χ0) is 17.4. The van der Waals surface area contributed by atoms with Gasteiger partial charge in [0.05, 0.1) is 5.39 Å². The molecule has 0 fully saturated rings. The number of hydrogen-bond acceptors (Lipinski definition) is 7. The molecule has 9 heteroatoms. The summed E-state index contributed by atoms with van der Waals surface area (Å²) in [6.07, 6.45) is 3.67. The number of amides is 1. The fourth-order valence-corrected chi connectivity index (χ4v) is 2.56. The molecule has 0 aromatic carbocycles. The molecule has 2 aromatic heterocycles. The highest BCUT2D eigenvalue weighted by Crippen LogP contribution is 2.13. The molecule has 1 amide bonds. The third-order valence-corrected chi connectivity index (χ3v) is 4.03. The minimum absolute atomic E-state index is 0.282. The Kier molecular flexibility index (Phi) is 7.01. The van der Waals surface area contributed by atoms with Gasteiger partial charge in [0.25, 0.3) is 5.56 Å². The molecule has 2 aromatic rings. The van der Waals surface area contributed by atoms with Crippen LogP contribution in [0.5, 0.6) is 0 Å². The summed E-state index contributed by atoms with van der Waals surface area (Å²) in [5, 5.41) is 22.3. The SMILES string of the molecule is CSCCC(O)C(=O)NCCCNc1n[nH]c(=O)c2cccnc12. The van der Waals surface area contributed by atoms with Gasteiger partial charge in [-0.2, -0.15) is 16.9 Å². The largest absolute Gasteiger partial charge is 0.383 e. The molecule has 2 heterocycles. The second kappa shape index (κ2) is 9.24. The van der Waals surface area contributed by atoms with Crippen molar-refractivity contribution >= 4 is 34.4 Å². The fraction of sp³-hybridized carbons (Fsp3) is 0.467. The number of pyridine rings is 1. The second-order valence-electron chi connectivity index (χ2n) is 5.17. The molecule has 0 saturated heterocycles. The number of fused-ring (bicyclic) bond motifs is 1. The Labute approximate surface area is 143 Å². The summed E-state index contributed by atoms with van der Waals surface area (Å²) in [4.78, 5) is 27.5. The topological polar surface area (TPSA) is 120 Å². The maximum atomic E-state index is 11.7. The van der Waals surface area contributed by atoms with Crippen LogP contribution in [0.2, 0.25) is 0 Å². The molecule has 4 N–H and O–H groups in total. The number of aromatic amines is 1. The number of aromatic nitrogens is 3. The molecule has 0 spiro atoms. The van der Waals surface area contributed by atoms with Crippen molar-refractivity contribution in [3.63, 3.8) is 0 Å². The lowest BCUT2D eigenvalue weighted by molar-refractivity contribution is -0.129. The Morgan fingerprint density at radius 2 is 2.29 bits per heavy atom. The number of rotatable bonds is 9. The van der Waals surface area contributed by atoms with Crippen molar-refractivity contribution in [3.05, 3.63) is 28.7 Å². The van der Waals surface area contributed by atoms with Crippen LogP contribution in [0, 0.1) is 0 Å². The highest BCUT2D eigenvalue weighted by Gasteiger charge is 2.13. The van der Waals surface area contributed by atoms with E-state index in [1.54, 1.807) is 30.1 Å². The number of thioether (sulfide) groups is 1. The van der Waals surface area contributed by atoms with Gasteiger partial charge in [-0.05, 0) is 37.0 Å². The van der Waals surface area contributed by atoms with Crippen LogP contribution < -0.4 is 16.2 Å². The maximum Gasteiger partial charge on any atom is 0.273 e. The average Bonchev–Trinajstić information content (AvgIpc) is 2.61. The second-order valence-corrected chi connectivity index (χ2v) is 6.16. The zero-order valence-corrected chi connectivity index (χ0v) is 14.2. The van der Waals surface area contributed by atoms with Crippen LogP contribution >= 0.6 is 11.8 Å². The van der Waals surface area contributed by atoms with Gasteiger partial charge in [-0.3, -0.25) is 14.6 Å². The molecule has 0 aliphatic heterocycles. The molecule has 2 rings (SSSR count). The zero-order valence-electron chi connectivity index (χ0n) is 13.4. The number of nitrogens with zero attached hydrogens (tertiary/aromatic N) is 2. The van der Waals surface area contributed by atoms with E-state index in [0.29, 0.717) is 42.7 Å². The van der Waals surface area contributed by atoms with Gasteiger partial charge in [0.15, 0.2) is 5.82 Å². The summed E-state index contributed by atoms with van der Waals surface area (Å²) in [6.45, 7) is 0.989. The number of H-pyrrole nitrogens is 1. The average molecular weight is 351 g/mol. The fourth-order valence-electron chi connectivity index (χ4n) is 2.11. The van der Waals surface area contributed by atoms with Gasteiger partial charge in [-0.25, -0.2) is 5.10 Å². The van der Waals surface area contributed by atoms with E-state index >= 15 is 0 Å². The van der Waals surface area contributed by atoms with Crippen molar-refractivity contribution in [3.8, 4) is 0 Å². The highest BCUT2D eigenvalue weighted by atomic mass is 32.2. The van der Waals surface area contributed by atoms with E-state index < -0.39 is 6.10 Å². The number of carbonyl (C=O) groups excluding carboxylic acids is 1. The van der Waals surface area contributed by atoms with Gasteiger partial charge in [0.1, 0.15) is 11.6 Å². The first kappa shape index (κ1) is 18.2. The first-order chi connectivity index (χ1) is 11.6. The first-order valence-electron chi connectivity index (χ1n) is 7.65. The molecule has 1 unspecified atom stereocenters. The van der Waals surface area contributed by atoms with Crippen molar-refractivity contribution in [1.29, 1.82) is 0 Å². The quantitative estimate of drug-likeness (QED) is 0.481. The lowest BCUT2D eigenvalue weighted by Crippen LogP contribution is -2.36. The minimum atomic E-state index is -0.959. The highest BCUT2D eigenvalue weighted by molar-refractivity contribution is 7.98. The van der Waals surface area contributed by atoms with Gasteiger partial charge in [0.2, 0.25) is 5.91 Å². The Hall–Kier alpha value is -2.13. The van der Waals surface area contributed by atoms with Gasteiger partial charge in [-0.15, -0.1) is 0 Å². The molecule has 0 bridgehead atoms. The van der Waals surface area contributed by atoms with E-state index in [1.165, 1.54) is 0 Å². The summed E-state index contributed by atoms with van der Waals surface area (Å²) < 4.78 is 0. The Balaban J connectivity index is 1.78. The van der Waals surface area contributed by atoms with Crippen LogP contribution in [0.15, 0.2) is 23.1 Å². The predicted octanol–water partition coefficient (Wildman–Crippen LogP) is 0.350. The van der Waals surface area contributed by atoms with Gasteiger partial charge in [0, 0.05) is 19.3 Å². The molecular weight excluding hydrogens is 330 g/mol. The summed E-state index contributed by atoms with van der Waals surface area (Å²) in [6, 6.07) is 3.38. The number of carbonyl (C=O) groups is 1. The van der Waals surface area contributed by atoms with E-state index in [4.69, 9.17) is 0 Å². The molecule has 0 aliphatic rings. The van der Waals surface area contributed by atoms with Crippen molar-refractivity contribution in [2.24, 2.45) is 0 Å². The standard InChI is InChI=1S/C15H21N5O3S/c1-24-9-5-11(21)15(23)18-8-3-7-17-13-12-10(4-2-6-16-12)14(22)20-19-13/h2,4,6,11,21H,3,5,7-9H2,1H3,(H,17,19)(H,18,23)(H,20,22). The van der Waals surface area contributed by atoms with Crippen LogP contribution in [-0.2, 0) is 4.79 Å². The smallest absolute Gasteiger partial charge is 0.273 e. The predicted molar refractivity (Wildman–Crippen MR) is 95.3 cm³/mol. The summed E-state index contributed by atoms with van der Waals surface area (Å²) in [5.41, 5.74) is 0.230. The van der Waals surface area contributed by atoms with E-state index in [-0.39, 0.29) is 11.5 Å². The lowest BCUT2D eigenvalue weighted by atomic mass is 10.2. The molecule has 130 valence electrons. The number of aliphatic hydroxyl groups excluding tert-OH is 1. The van der Waals surface area contributed by atoms with Crippen molar-refractivity contribution < 1.29 is 9.90 Å². The first-order valence-corrected chi connectivity index (χ1v) is 9.05. The molecular formula is C15H21N5O3S. The Morgan fingerprint density at radius 1 is 1.46 bits per heavy atom. The van der Waals surface area contributed by atoms with E-state index in [1.807, 2.05) is 6.26 Å². The van der Waals surface area contributed by atoms with Crippen molar-refractivity contribution in [1.82, 2.24) is 20.5 Å². The third-order valence-electron chi connectivity index (χ3n) is 3.39. The molecule has 0 aliphatic carbocycles. The van der Waals surface area contributed by atoms with E-state index in [2.05, 4.69) is 25.8 Å². The van der Waals surface area contributed by atoms with E-state index in [9.17, 15) is 14.7 Å². The summed E-state index contributed by atoms with van der Waals surface area (Å²) in [5.74, 6) is 0.892.